The quantitative estimate of drug-likeness (QED) is 0.468. The summed E-state index contributed by atoms with van der Waals surface area (Å²) < 4.78 is 41.2. The third-order valence-electron chi connectivity index (χ3n) is 6.79. The Kier molecular flexibility index (Phi) is 5.87. The Hall–Kier alpha value is -2.51. The van der Waals surface area contributed by atoms with Crippen LogP contribution in [-0.4, -0.2) is 46.1 Å². The van der Waals surface area contributed by atoms with Crippen LogP contribution in [0.25, 0.3) is 22.0 Å². The molecule has 173 valence electrons. The highest BCUT2D eigenvalue weighted by atomic mass is 35.5. The van der Waals surface area contributed by atoms with Gasteiger partial charge < -0.3 is 10.4 Å². The summed E-state index contributed by atoms with van der Waals surface area (Å²) in [7, 11) is 0. The molecule has 1 aliphatic carbocycles. The molecule has 1 saturated heterocycles. The van der Waals surface area contributed by atoms with Gasteiger partial charge in [0.25, 0.3) is 5.92 Å². The van der Waals surface area contributed by atoms with Crippen LogP contribution in [0.2, 0.25) is 5.02 Å². The summed E-state index contributed by atoms with van der Waals surface area (Å²) in [6.45, 7) is 0.354. The van der Waals surface area contributed by atoms with Crippen LogP contribution >= 0.6 is 11.6 Å². The first-order valence-corrected chi connectivity index (χ1v) is 11.5. The molecule has 3 aromatic rings. The van der Waals surface area contributed by atoms with E-state index in [4.69, 9.17) is 11.6 Å². The maximum absolute atomic E-state index is 14.0. The lowest BCUT2D eigenvalue weighted by Crippen LogP contribution is -2.40. The maximum Gasteiger partial charge on any atom is 0.261 e. The number of likely N-dealkylation sites (tertiary alicyclic amines) is 1. The van der Waals surface area contributed by atoms with Gasteiger partial charge in [-0.1, -0.05) is 17.7 Å². The molecule has 0 spiro atoms. The van der Waals surface area contributed by atoms with Crippen molar-refractivity contribution in [2.75, 3.05) is 18.4 Å². The molecule has 33 heavy (non-hydrogen) atoms. The maximum atomic E-state index is 14.0. The highest BCUT2D eigenvalue weighted by Crippen LogP contribution is 2.36. The standard InChI is InChI=1S/C25H24ClF3N3O/c26-20-12-16(13-21(27)24(20)33)15-1-6-22-19(11-15)23(7-9-30-22)31-17-2-4-18(5-3-17)32-10-8-25(28,29)14-32/h1,6,9,11-13,17-18,33H,2-5,8,10,14H2,(H,30,31). The number of benzene rings is 2. The summed E-state index contributed by atoms with van der Waals surface area (Å²) in [5, 5.41) is 14.0. The second-order valence-electron chi connectivity index (χ2n) is 9.02. The number of nitrogens with one attached hydrogen (secondary N) is 1. The lowest BCUT2D eigenvalue weighted by molar-refractivity contribution is 0.00535. The van der Waals surface area contributed by atoms with Crippen LogP contribution in [0.1, 0.15) is 32.1 Å². The van der Waals surface area contributed by atoms with Crippen molar-refractivity contribution in [3.63, 3.8) is 0 Å². The van der Waals surface area contributed by atoms with Crippen LogP contribution in [0, 0.1) is 11.9 Å². The fourth-order valence-corrected chi connectivity index (χ4v) is 5.20. The van der Waals surface area contributed by atoms with Crippen LogP contribution in [0.15, 0.2) is 36.5 Å². The molecule has 8 heteroatoms. The molecule has 2 heterocycles. The first-order chi connectivity index (χ1) is 15.8. The van der Waals surface area contributed by atoms with Crippen molar-refractivity contribution in [1.29, 1.82) is 0 Å². The van der Waals surface area contributed by atoms with Gasteiger partial charge >= 0.3 is 0 Å². The predicted molar refractivity (Wildman–Crippen MR) is 123 cm³/mol. The van der Waals surface area contributed by atoms with E-state index in [2.05, 4.69) is 16.4 Å². The molecule has 0 amide bonds. The fourth-order valence-electron chi connectivity index (χ4n) is 4.99. The molecule has 0 unspecified atom stereocenters. The average molecular weight is 475 g/mol. The van der Waals surface area contributed by atoms with Gasteiger partial charge in [0, 0.05) is 42.7 Å². The summed E-state index contributed by atoms with van der Waals surface area (Å²) in [5.74, 6) is -3.89. The lowest BCUT2D eigenvalue weighted by atomic mass is 9.90. The summed E-state index contributed by atoms with van der Waals surface area (Å²) in [6.07, 6.45) is 5.13. The summed E-state index contributed by atoms with van der Waals surface area (Å²) in [6, 6.07) is 12.0. The number of nitrogens with zero attached hydrogens (tertiary/aromatic N) is 2. The van der Waals surface area contributed by atoms with Crippen molar-refractivity contribution in [2.45, 2.75) is 50.1 Å². The summed E-state index contributed by atoms with van der Waals surface area (Å²) in [5.41, 5.74) is 2.88. The smallest absolute Gasteiger partial charge is 0.261 e. The van der Waals surface area contributed by atoms with Crippen molar-refractivity contribution in [3.8, 4) is 16.9 Å². The van der Waals surface area contributed by atoms with E-state index in [1.807, 2.05) is 23.1 Å². The van der Waals surface area contributed by atoms with Crippen molar-refractivity contribution in [1.82, 2.24) is 9.88 Å². The van der Waals surface area contributed by atoms with E-state index in [0.29, 0.717) is 12.1 Å². The molecule has 2 aliphatic rings. The number of hydrogen-bond acceptors (Lipinski definition) is 4. The number of phenols is 1. The Labute approximate surface area is 195 Å². The Balaban J connectivity index is 1.33. The minimum absolute atomic E-state index is 0.0401. The van der Waals surface area contributed by atoms with Gasteiger partial charge in [-0.25, -0.2) is 13.2 Å². The largest absolute Gasteiger partial charge is 0.504 e. The van der Waals surface area contributed by atoms with E-state index < -0.39 is 17.5 Å². The predicted octanol–water partition coefficient (Wildman–Crippen LogP) is 6.26. The Morgan fingerprint density at radius 3 is 2.61 bits per heavy atom. The van der Waals surface area contributed by atoms with E-state index in [1.165, 1.54) is 12.1 Å². The molecule has 2 aromatic carbocycles. The van der Waals surface area contributed by atoms with Crippen molar-refractivity contribution >= 4 is 28.2 Å². The molecular weight excluding hydrogens is 451 g/mol. The number of alkyl halides is 2. The molecule has 2 N–H and O–H groups in total. The molecule has 1 radical (unpaired) electrons. The van der Waals surface area contributed by atoms with E-state index >= 15 is 0 Å². The molecule has 1 saturated carbocycles. The number of hydrogen-bond donors (Lipinski definition) is 2. The second kappa shape index (κ2) is 8.69. The number of rotatable bonds is 4. The first kappa shape index (κ1) is 22.3. The Bertz CT molecular complexity index is 1160. The Morgan fingerprint density at radius 1 is 1.12 bits per heavy atom. The minimum Gasteiger partial charge on any atom is -0.504 e. The van der Waals surface area contributed by atoms with Crippen LogP contribution in [0.4, 0.5) is 18.9 Å². The SMILES string of the molecule is Oc1c(F)cc(-c2ccc3nc[c]c(NC4CCC(N5CCC(F)(F)C5)CC4)c3c2)cc1Cl. The molecule has 1 aromatic heterocycles. The van der Waals surface area contributed by atoms with E-state index in [9.17, 15) is 18.3 Å². The van der Waals surface area contributed by atoms with Crippen LogP contribution in [0.5, 0.6) is 5.75 Å². The molecule has 2 fully saturated rings. The zero-order valence-corrected chi connectivity index (χ0v) is 18.7. The van der Waals surface area contributed by atoms with Gasteiger partial charge in [-0.05, 0) is 61.1 Å². The molecular formula is C25H24ClF3N3O. The van der Waals surface area contributed by atoms with Gasteiger partial charge in [-0.3, -0.25) is 9.88 Å². The van der Waals surface area contributed by atoms with Gasteiger partial charge in [0.15, 0.2) is 11.6 Å². The molecule has 0 atom stereocenters. The van der Waals surface area contributed by atoms with E-state index in [0.717, 1.165) is 47.8 Å². The van der Waals surface area contributed by atoms with E-state index in [1.54, 1.807) is 6.20 Å². The van der Waals surface area contributed by atoms with Crippen LogP contribution in [-0.2, 0) is 0 Å². The number of phenolic OH excluding ortho intramolecular Hbond substituents is 1. The first-order valence-electron chi connectivity index (χ1n) is 11.2. The summed E-state index contributed by atoms with van der Waals surface area (Å²) in [4.78, 5) is 6.33. The summed E-state index contributed by atoms with van der Waals surface area (Å²) >= 11 is 5.96. The van der Waals surface area contributed by atoms with Crippen molar-refractivity contribution in [3.05, 3.63) is 53.4 Å². The third kappa shape index (κ3) is 4.62. The normalized spacial score (nSPS) is 23.2. The number of anilines is 1. The number of pyridine rings is 1. The fraction of sp³-hybridized carbons (Fsp3) is 0.400. The van der Waals surface area contributed by atoms with Gasteiger partial charge in [0.2, 0.25) is 0 Å². The average Bonchev–Trinajstić information content (AvgIpc) is 3.17. The van der Waals surface area contributed by atoms with Gasteiger partial charge in [-0.2, -0.15) is 0 Å². The molecule has 0 bridgehead atoms. The lowest BCUT2D eigenvalue weighted by Gasteiger charge is -2.35. The second-order valence-corrected chi connectivity index (χ2v) is 9.43. The monoisotopic (exact) mass is 474 g/mol. The van der Waals surface area contributed by atoms with Crippen molar-refractivity contribution in [2.24, 2.45) is 0 Å². The number of halogens is 4. The zero-order valence-electron chi connectivity index (χ0n) is 17.9. The molecule has 5 rings (SSSR count). The van der Waals surface area contributed by atoms with E-state index in [-0.39, 0.29) is 30.1 Å². The topological polar surface area (TPSA) is 48.4 Å². The highest BCUT2D eigenvalue weighted by Gasteiger charge is 2.41. The van der Waals surface area contributed by atoms with Gasteiger partial charge in [-0.15, -0.1) is 0 Å². The van der Waals surface area contributed by atoms with Crippen LogP contribution in [0.3, 0.4) is 0 Å². The van der Waals surface area contributed by atoms with Gasteiger partial charge in [0.1, 0.15) is 0 Å². The number of aromatic hydroxyl groups is 1. The Morgan fingerprint density at radius 2 is 1.91 bits per heavy atom. The zero-order chi connectivity index (χ0) is 23.2. The molecule has 4 nitrogen and oxygen atoms in total. The number of aromatic nitrogens is 1. The third-order valence-corrected chi connectivity index (χ3v) is 7.08. The minimum atomic E-state index is -2.55. The van der Waals surface area contributed by atoms with Gasteiger partial charge in [0.05, 0.1) is 22.8 Å². The van der Waals surface area contributed by atoms with Crippen molar-refractivity contribution < 1.29 is 18.3 Å². The highest BCUT2D eigenvalue weighted by molar-refractivity contribution is 6.32. The molecule has 1 aliphatic heterocycles. The number of fused-ring (bicyclic) bond motifs is 1. The van der Waals surface area contributed by atoms with Crippen LogP contribution < -0.4 is 5.32 Å².